The first-order valence-corrected chi connectivity index (χ1v) is 5.33. The monoisotopic (exact) mass is 276 g/mol. The van der Waals surface area contributed by atoms with Crippen LogP contribution in [-0.4, -0.2) is 12.2 Å². The van der Waals surface area contributed by atoms with Crippen molar-refractivity contribution in [2.24, 2.45) is 0 Å². The van der Waals surface area contributed by atoms with Crippen LogP contribution in [0.4, 0.5) is 4.39 Å². The van der Waals surface area contributed by atoms with E-state index < -0.39 is 11.4 Å². The Balaban J connectivity index is 3.51. The number of ether oxygens (including phenoxy) is 1. The van der Waals surface area contributed by atoms with Gasteiger partial charge < -0.3 is 9.84 Å². The lowest BCUT2D eigenvalue weighted by molar-refractivity contribution is 0.0738. The number of rotatable bonds is 2. The van der Waals surface area contributed by atoms with E-state index >= 15 is 0 Å². The van der Waals surface area contributed by atoms with Crippen LogP contribution in [-0.2, 0) is 5.60 Å². The van der Waals surface area contributed by atoms with Crippen molar-refractivity contribution >= 4 is 15.9 Å². The highest BCUT2D eigenvalue weighted by atomic mass is 79.9. The summed E-state index contributed by atoms with van der Waals surface area (Å²) in [5.41, 5.74) is -0.159. The molecule has 0 bridgehead atoms. The van der Waals surface area contributed by atoms with Gasteiger partial charge >= 0.3 is 0 Å². The standard InChI is InChI=1S/C11H14BrFO2/c1-6-5-7(11(2,3)14)9(13)10(15-4)8(6)12/h5,14H,1-4H3. The number of aliphatic hydroxyl groups is 1. The van der Waals surface area contributed by atoms with Crippen molar-refractivity contribution in [3.63, 3.8) is 0 Å². The van der Waals surface area contributed by atoms with E-state index in [1.807, 2.05) is 6.92 Å². The third-order valence-corrected chi connectivity index (χ3v) is 3.19. The summed E-state index contributed by atoms with van der Waals surface area (Å²) in [5, 5.41) is 9.79. The summed E-state index contributed by atoms with van der Waals surface area (Å²) in [5.74, 6) is -0.394. The number of aryl methyl sites for hydroxylation is 1. The minimum atomic E-state index is -1.22. The maximum atomic E-state index is 13.9. The van der Waals surface area contributed by atoms with E-state index in [1.165, 1.54) is 21.0 Å². The Morgan fingerprint density at radius 2 is 2.00 bits per heavy atom. The highest BCUT2D eigenvalue weighted by molar-refractivity contribution is 9.10. The molecule has 0 heterocycles. The molecule has 0 aromatic heterocycles. The third-order valence-electron chi connectivity index (χ3n) is 2.21. The van der Waals surface area contributed by atoms with Crippen LogP contribution in [0.3, 0.4) is 0 Å². The molecule has 1 N–H and O–H groups in total. The van der Waals surface area contributed by atoms with Crippen LogP contribution >= 0.6 is 15.9 Å². The van der Waals surface area contributed by atoms with E-state index in [1.54, 1.807) is 6.07 Å². The average molecular weight is 277 g/mol. The molecule has 1 aromatic rings. The molecule has 0 atom stereocenters. The molecule has 4 heteroatoms. The fourth-order valence-corrected chi connectivity index (χ4v) is 1.82. The predicted octanol–water partition coefficient (Wildman–Crippen LogP) is 3.13. The molecule has 1 rings (SSSR count). The molecule has 1 aromatic carbocycles. The summed E-state index contributed by atoms with van der Waals surface area (Å²) in [4.78, 5) is 0. The molecule has 0 unspecified atom stereocenters. The molecule has 0 spiro atoms. The second-order valence-electron chi connectivity index (χ2n) is 3.96. The first kappa shape index (κ1) is 12.5. The topological polar surface area (TPSA) is 29.5 Å². The Morgan fingerprint density at radius 3 is 2.40 bits per heavy atom. The van der Waals surface area contributed by atoms with Crippen LogP contribution in [0.15, 0.2) is 10.5 Å². The molecular formula is C11H14BrFO2. The average Bonchev–Trinajstić information content (AvgIpc) is 2.10. The van der Waals surface area contributed by atoms with E-state index in [9.17, 15) is 9.50 Å². The summed E-state index contributed by atoms with van der Waals surface area (Å²) >= 11 is 3.25. The van der Waals surface area contributed by atoms with Gasteiger partial charge in [0.05, 0.1) is 17.2 Å². The zero-order valence-electron chi connectivity index (χ0n) is 9.19. The number of hydrogen-bond acceptors (Lipinski definition) is 2. The van der Waals surface area contributed by atoms with E-state index in [0.29, 0.717) is 4.47 Å². The van der Waals surface area contributed by atoms with E-state index in [4.69, 9.17) is 4.74 Å². The molecule has 0 aliphatic rings. The van der Waals surface area contributed by atoms with Crippen LogP contribution in [0.25, 0.3) is 0 Å². The molecule has 0 aliphatic heterocycles. The first-order valence-electron chi connectivity index (χ1n) is 4.54. The zero-order chi connectivity index (χ0) is 11.8. The predicted molar refractivity (Wildman–Crippen MR) is 60.6 cm³/mol. The minimum Gasteiger partial charge on any atom is -0.492 e. The summed E-state index contributed by atoms with van der Waals surface area (Å²) in [6.07, 6.45) is 0. The number of halogens is 2. The molecule has 0 radical (unpaired) electrons. The van der Waals surface area contributed by atoms with Crippen LogP contribution in [0.1, 0.15) is 25.0 Å². The lowest BCUT2D eigenvalue weighted by Crippen LogP contribution is -2.18. The van der Waals surface area contributed by atoms with Crippen LogP contribution in [0.5, 0.6) is 5.75 Å². The van der Waals surface area contributed by atoms with Gasteiger partial charge in [0.1, 0.15) is 0 Å². The van der Waals surface area contributed by atoms with Crippen molar-refractivity contribution in [2.75, 3.05) is 7.11 Å². The first-order chi connectivity index (χ1) is 6.79. The van der Waals surface area contributed by atoms with Gasteiger partial charge in [0.25, 0.3) is 0 Å². The molecular weight excluding hydrogens is 263 g/mol. The van der Waals surface area contributed by atoms with Crippen LogP contribution in [0.2, 0.25) is 0 Å². The Labute approximate surface area is 97.2 Å². The number of benzene rings is 1. The van der Waals surface area contributed by atoms with Crippen LogP contribution < -0.4 is 4.74 Å². The molecule has 0 saturated heterocycles. The molecule has 0 saturated carbocycles. The van der Waals surface area contributed by atoms with Crippen LogP contribution in [0, 0.1) is 12.7 Å². The van der Waals surface area contributed by atoms with E-state index in [-0.39, 0.29) is 11.3 Å². The highest BCUT2D eigenvalue weighted by Gasteiger charge is 2.25. The zero-order valence-corrected chi connectivity index (χ0v) is 10.8. The Hall–Kier alpha value is -0.610. The maximum absolute atomic E-state index is 13.9. The molecule has 84 valence electrons. The van der Waals surface area contributed by atoms with E-state index in [0.717, 1.165) is 5.56 Å². The van der Waals surface area contributed by atoms with Gasteiger partial charge in [0, 0.05) is 5.56 Å². The number of hydrogen-bond donors (Lipinski definition) is 1. The van der Waals surface area contributed by atoms with Crippen molar-refractivity contribution in [2.45, 2.75) is 26.4 Å². The fraction of sp³-hybridized carbons (Fsp3) is 0.455. The minimum absolute atomic E-state index is 0.132. The fourth-order valence-electron chi connectivity index (χ4n) is 1.37. The van der Waals surface area contributed by atoms with Crippen molar-refractivity contribution in [3.05, 3.63) is 27.5 Å². The summed E-state index contributed by atoms with van der Waals surface area (Å²) in [6.45, 7) is 4.90. The van der Waals surface area contributed by atoms with Crippen molar-refractivity contribution in [1.82, 2.24) is 0 Å². The lowest BCUT2D eigenvalue weighted by atomic mass is 9.95. The largest absolute Gasteiger partial charge is 0.492 e. The second kappa shape index (κ2) is 4.10. The summed E-state index contributed by atoms with van der Waals surface area (Å²) in [7, 11) is 1.40. The summed E-state index contributed by atoms with van der Waals surface area (Å²) < 4.78 is 19.4. The van der Waals surface area contributed by atoms with E-state index in [2.05, 4.69) is 15.9 Å². The van der Waals surface area contributed by atoms with Crippen molar-refractivity contribution in [3.8, 4) is 5.75 Å². The number of methoxy groups -OCH3 is 1. The van der Waals surface area contributed by atoms with Crippen molar-refractivity contribution in [1.29, 1.82) is 0 Å². The third kappa shape index (κ3) is 2.32. The Bertz CT molecular complexity index is 383. The maximum Gasteiger partial charge on any atom is 0.172 e. The summed E-state index contributed by atoms with van der Waals surface area (Å²) in [6, 6.07) is 1.61. The van der Waals surface area contributed by atoms with Gasteiger partial charge in [0.15, 0.2) is 11.6 Å². The lowest BCUT2D eigenvalue weighted by Gasteiger charge is -2.21. The Kier molecular flexibility index (Phi) is 3.41. The normalized spacial score (nSPS) is 11.7. The SMILES string of the molecule is COc1c(F)c(C(C)(C)O)cc(C)c1Br. The van der Waals surface area contributed by atoms with Gasteiger partial charge in [-0.1, -0.05) is 0 Å². The molecule has 15 heavy (non-hydrogen) atoms. The quantitative estimate of drug-likeness (QED) is 0.899. The molecule has 0 amide bonds. The van der Waals surface area contributed by atoms with Crippen molar-refractivity contribution < 1.29 is 14.2 Å². The molecule has 0 aliphatic carbocycles. The van der Waals surface area contributed by atoms with Gasteiger partial charge in [-0.25, -0.2) is 4.39 Å². The van der Waals surface area contributed by atoms with Gasteiger partial charge in [-0.3, -0.25) is 0 Å². The van der Waals surface area contributed by atoms with Gasteiger partial charge in [-0.05, 0) is 48.3 Å². The van der Waals surface area contributed by atoms with Gasteiger partial charge in [-0.2, -0.15) is 0 Å². The molecule has 2 nitrogen and oxygen atoms in total. The van der Waals surface area contributed by atoms with Gasteiger partial charge in [-0.15, -0.1) is 0 Å². The highest BCUT2D eigenvalue weighted by Crippen LogP contribution is 2.37. The van der Waals surface area contributed by atoms with Gasteiger partial charge in [0.2, 0.25) is 0 Å². The second-order valence-corrected chi connectivity index (χ2v) is 4.75. The molecule has 0 fully saturated rings. The Morgan fingerprint density at radius 1 is 1.47 bits per heavy atom. The smallest absolute Gasteiger partial charge is 0.172 e.